The zero-order chi connectivity index (χ0) is 18.0. The van der Waals surface area contributed by atoms with Crippen molar-refractivity contribution in [2.24, 2.45) is 0 Å². The molecular formula is C20H22O5. The van der Waals surface area contributed by atoms with E-state index in [0.717, 1.165) is 50.1 Å². The van der Waals surface area contributed by atoms with Gasteiger partial charge in [0.2, 0.25) is 0 Å². The number of methoxy groups -OCH3 is 5. The van der Waals surface area contributed by atoms with Gasteiger partial charge in [0.1, 0.15) is 23.0 Å². The Balaban J connectivity index is 2.58. The second kappa shape index (κ2) is 7.07. The molecule has 132 valence electrons. The molecule has 25 heavy (non-hydrogen) atoms. The molecule has 0 bridgehead atoms. The van der Waals surface area contributed by atoms with Crippen LogP contribution in [0.4, 0.5) is 0 Å². The zero-order valence-corrected chi connectivity index (χ0v) is 15.1. The van der Waals surface area contributed by atoms with Crippen LogP contribution in [0.15, 0.2) is 30.3 Å². The molecular weight excluding hydrogens is 320 g/mol. The first-order valence-corrected chi connectivity index (χ1v) is 7.90. The Labute approximate surface area is 147 Å². The van der Waals surface area contributed by atoms with E-state index in [0.29, 0.717) is 6.61 Å². The number of fused-ring (bicyclic) bond motifs is 2. The molecule has 5 heteroatoms. The Morgan fingerprint density at radius 3 is 1.88 bits per heavy atom. The minimum atomic E-state index is 0.445. The van der Waals surface area contributed by atoms with Crippen molar-refractivity contribution in [1.82, 2.24) is 0 Å². The third-order valence-corrected chi connectivity index (χ3v) is 4.34. The molecule has 0 spiro atoms. The molecule has 0 saturated carbocycles. The van der Waals surface area contributed by atoms with E-state index >= 15 is 0 Å². The van der Waals surface area contributed by atoms with Crippen LogP contribution in [0, 0.1) is 0 Å². The Morgan fingerprint density at radius 2 is 1.28 bits per heavy atom. The quantitative estimate of drug-likeness (QED) is 0.629. The molecule has 0 aliphatic rings. The van der Waals surface area contributed by atoms with Gasteiger partial charge in [-0.2, -0.15) is 0 Å². The van der Waals surface area contributed by atoms with E-state index in [-0.39, 0.29) is 0 Å². The van der Waals surface area contributed by atoms with Crippen LogP contribution in [-0.4, -0.2) is 35.5 Å². The smallest absolute Gasteiger partial charge is 0.138 e. The topological polar surface area (TPSA) is 46.2 Å². The van der Waals surface area contributed by atoms with Gasteiger partial charge in [0.25, 0.3) is 0 Å². The monoisotopic (exact) mass is 342 g/mol. The lowest BCUT2D eigenvalue weighted by Crippen LogP contribution is -2.00. The van der Waals surface area contributed by atoms with Gasteiger partial charge in [0, 0.05) is 23.4 Å². The minimum Gasteiger partial charge on any atom is -0.496 e. The van der Waals surface area contributed by atoms with Gasteiger partial charge < -0.3 is 23.7 Å². The van der Waals surface area contributed by atoms with Gasteiger partial charge in [-0.25, -0.2) is 0 Å². The van der Waals surface area contributed by atoms with Crippen LogP contribution in [0.25, 0.3) is 21.5 Å². The lowest BCUT2D eigenvalue weighted by atomic mass is 9.97. The maximum Gasteiger partial charge on any atom is 0.138 e. The van der Waals surface area contributed by atoms with E-state index in [1.54, 1.807) is 35.5 Å². The molecule has 3 rings (SSSR count). The van der Waals surface area contributed by atoms with Gasteiger partial charge in [-0.05, 0) is 12.1 Å². The van der Waals surface area contributed by atoms with Crippen molar-refractivity contribution >= 4 is 21.5 Å². The number of ether oxygens (including phenoxy) is 5. The molecule has 0 amide bonds. The van der Waals surface area contributed by atoms with Crippen LogP contribution in [0.2, 0.25) is 0 Å². The van der Waals surface area contributed by atoms with Crippen molar-refractivity contribution in [2.75, 3.05) is 35.5 Å². The summed E-state index contributed by atoms with van der Waals surface area (Å²) in [6.07, 6.45) is 0. The average Bonchev–Trinajstić information content (AvgIpc) is 2.65. The average molecular weight is 342 g/mol. The third kappa shape index (κ3) is 2.61. The minimum absolute atomic E-state index is 0.445. The Kier molecular flexibility index (Phi) is 4.86. The Bertz CT molecular complexity index is 917. The van der Waals surface area contributed by atoms with E-state index in [4.69, 9.17) is 23.7 Å². The fourth-order valence-electron chi connectivity index (χ4n) is 3.36. The van der Waals surface area contributed by atoms with Crippen molar-refractivity contribution in [1.29, 1.82) is 0 Å². The molecule has 0 saturated heterocycles. The molecule has 3 aromatic carbocycles. The number of rotatable bonds is 6. The van der Waals surface area contributed by atoms with Crippen LogP contribution < -0.4 is 18.9 Å². The van der Waals surface area contributed by atoms with Gasteiger partial charge in [-0.1, -0.05) is 18.2 Å². The van der Waals surface area contributed by atoms with Crippen molar-refractivity contribution in [2.45, 2.75) is 6.61 Å². The predicted molar refractivity (Wildman–Crippen MR) is 98.4 cm³/mol. The van der Waals surface area contributed by atoms with Crippen LogP contribution in [-0.2, 0) is 11.3 Å². The molecule has 0 aromatic heterocycles. The molecule has 0 N–H and O–H groups in total. The van der Waals surface area contributed by atoms with Gasteiger partial charge in [-0.15, -0.1) is 0 Å². The Hall–Kier alpha value is -2.66. The summed E-state index contributed by atoms with van der Waals surface area (Å²) < 4.78 is 28.1. The summed E-state index contributed by atoms with van der Waals surface area (Å²) in [5, 5.41) is 3.53. The summed E-state index contributed by atoms with van der Waals surface area (Å²) >= 11 is 0. The van der Waals surface area contributed by atoms with Crippen LogP contribution in [0.3, 0.4) is 0 Å². The molecule has 5 nitrogen and oxygen atoms in total. The Morgan fingerprint density at radius 1 is 0.640 bits per heavy atom. The van der Waals surface area contributed by atoms with Gasteiger partial charge in [-0.3, -0.25) is 0 Å². The zero-order valence-electron chi connectivity index (χ0n) is 15.1. The molecule has 0 aliphatic carbocycles. The summed E-state index contributed by atoms with van der Waals surface area (Å²) in [5.74, 6) is 2.90. The van der Waals surface area contributed by atoms with E-state index in [1.165, 1.54) is 0 Å². The van der Waals surface area contributed by atoms with Crippen LogP contribution in [0.1, 0.15) is 5.56 Å². The largest absolute Gasteiger partial charge is 0.496 e. The van der Waals surface area contributed by atoms with Crippen molar-refractivity contribution < 1.29 is 23.7 Å². The lowest BCUT2D eigenvalue weighted by molar-refractivity contribution is 0.182. The van der Waals surface area contributed by atoms with Crippen molar-refractivity contribution in [3.8, 4) is 23.0 Å². The van der Waals surface area contributed by atoms with Crippen LogP contribution in [0.5, 0.6) is 23.0 Å². The second-order valence-corrected chi connectivity index (χ2v) is 5.56. The fourth-order valence-corrected chi connectivity index (χ4v) is 3.36. The standard InChI is InChI=1S/C20H22O5/c1-21-11-12-9-10-14-17(18(12)23-3)20(25-5)13-7-6-8-15(22-2)16(13)19(14)24-4/h6-10H,11H2,1-5H3. The highest BCUT2D eigenvalue weighted by atomic mass is 16.5. The van der Waals surface area contributed by atoms with Gasteiger partial charge >= 0.3 is 0 Å². The third-order valence-electron chi connectivity index (χ3n) is 4.34. The number of hydrogen-bond donors (Lipinski definition) is 0. The first-order valence-electron chi connectivity index (χ1n) is 7.90. The summed E-state index contributed by atoms with van der Waals surface area (Å²) in [6.45, 7) is 0.445. The lowest BCUT2D eigenvalue weighted by Gasteiger charge is -2.20. The van der Waals surface area contributed by atoms with Crippen LogP contribution >= 0.6 is 0 Å². The van der Waals surface area contributed by atoms with E-state index in [9.17, 15) is 0 Å². The van der Waals surface area contributed by atoms with Crippen molar-refractivity contribution in [3.63, 3.8) is 0 Å². The molecule has 0 aliphatic heterocycles. The number of benzene rings is 3. The highest BCUT2D eigenvalue weighted by Crippen LogP contribution is 2.49. The fraction of sp³-hybridized carbons (Fsp3) is 0.300. The predicted octanol–water partition coefficient (Wildman–Crippen LogP) is 4.17. The summed E-state index contributed by atoms with van der Waals surface area (Å²) in [7, 11) is 8.26. The molecule has 0 fully saturated rings. The number of hydrogen-bond acceptors (Lipinski definition) is 5. The first-order chi connectivity index (χ1) is 12.2. The second-order valence-electron chi connectivity index (χ2n) is 5.56. The maximum absolute atomic E-state index is 5.78. The maximum atomic E-state index is 5.78. The SMILES string of the molecule is COCc1ccc2c(OC)c3c(OC)cccc3c(OC)c2c1OC. The summed E-state index contributed by atoms with van der Waals surface area (Å²) in [6, 6.07) is 9.81. The van der Waals surface area contributed by atoms with Gasteiger partial charge in [0.05, 0.1) is 45.8 Å². The first kappa shape index (κ1) is 17.2. The molecule has 0 atom stereocenters. The van der Waals surface area contributed by atoms with Crippen molar-refractivity contribution in [3.05, 3.63) is 35.9 Å². The summed E-state index contributed by atoms with van der Waals surface area (Å²) in [5.41, 5.74) is 0.945. The van der Waals surface area contributed by atoms with Gasteiger partial charge in [0.15, 0.2) is 0 Å². The summed E-state index contributed by atoms with van der Waals surface area (Å²) in [4.78, 5) is 0. The highest BCUT2D eigenvalue weighted by Gasteiger charge is 2.22. The molecule has 0 heterocycles. The van der Waals surface area contributed by atoms with E-state index in [2.05, 4.69) is 0 Å². The van der Waals surface area contributed by atoms with E-state index in [1.807, 2.05) is 30.3 Å². The molecule has 0 radical (unpaired) electrons. The van der Waals surface area contributed by atoms with E-state index < -0.39 is 0 Å². The molecule has 0 unspecified atom stereocenters. The normalized spacial score (nSPS) is 10.9. The highest BCUT2D eigenvalue weighted by molar-refractivity contribution is 6.15. The molecule has 3 aromatic rings.